The maximum Gasteiger partial charge on any atom is 0.329 e. The van der Waals surface area contributed by atoms with E-state index in [1.807, 2.05) is 24.3 Å². The number of nitrogens with zero attached hydrogens (tertiary/aromatic N) is 1. The smallest absolute Gasteiger partial charge is 0.329 e. The predicted octanol–water partition coefficient (Wildman–Crippen LogP) is 3.15. The van der Waals surface area contributed by atoms with Gasteiger partial charge in [0.2, 0.25) is 0 Å². The molecule has 1 atom stereocenters. The number of rotatable bonds is 2. The first-order chi connectivity index (χ1) is 9.43. The van der Waals surface area contributed by atoms with Gasteiger partial charge >= 0.3 is 12.0 Å². The number of nitrogens with one attached hydrogen (secondary N) is 1. The standard InChI is InChI=1S/C14H17IN2O3/c1-14(12(18)19)8-2-3-9-17(14)13(20)16-11-6-4-10(15)5-7-11/h4-7H,2-3,8-9H2,1H3,(H,16,20)(H,18,19). The van der Waals surface area contributed by atoms with Crippen LogP contribution in [0.1, 0.15) is 26.2 Å². The number of likely N-dealkylation sites (tertiary alicyclic amines) is 1. The van der Waals surface area contributed by atoms with Gasteiger partial charge in [-0.2, -0.15) is 0 Å². The minimum atomic E-state index is -1.12. The number of anilines is 1. The third-order valence-electron chi connectivity index (χ3n) is 3.69. The van der Waals surface area contributed by atoms with Crippen LogP contribution in [-0.2, 0) is 4.79 Å². The summed E-state index contributed by atoms with van der Waals surface area (Å²) in [6, 6.07) is 7.05. The number of amides is 2. The van der Waals surface area contributed by atoms with E-state index in [-0.39, 0.29) is 6.03 Å². The zero-order valence-corrected chi connectivity index (χ0v) is 13.4. The quantitative estimate of drug-likeness (QED) is 0.765. The fraction of sp³-hybridized carbons (Fsp3) is 0.429. The predicted molar refractivity (Wildman–Crippen MR) is 84.8 cm³/mol. The molecule has 2 rings (SSSR count). The van der Waals surface area contributed by atoms with Crippen LogP contribution in [0.5, 0.6) is 0 Å². The van der Waals surface area contributed by atoms with E-state index in [2.05, 4.69) is 27.9 Å². The van der Waals surface area contributed by atoms with Crippen molar-refractivity contribution in [3.05, 3.63) is 27.8 Å². The highest BCUT2D eigenvalue weighted by Gasteiger charge is 2.43. The molecule has 6 heteroatoms. The first-order valence-electron chi connectivity index (χ1n) is 6.51. The fourth-order valence-corrected chi connectivity index (χ4v) is 2.75. The lowest BCUT2D eigenvalue weighted by Crippen LogP contribution is -2.58. The van der Waals surface area contributed by atoms with Crippen molar-refractivity contribution < 1.29 is 14.7 Å². The number of carbonyl (C=O) groups excluding carboxylic acids is 1. The molecule has 1 heterocycles. The number of urea groups is 1. The van der Waals surface area contributed by atoms with E-state index in [1.165, 1.54) is 4.90 Å². The number of aliphatic carboxylic acids is 1. The lowest BCUT2D eigenvalue weighted by molar-refractivity contribution is -0.150. The maximum atomic E-state index is 12.3. The highest BCUT2D eigenvalue weighted by molar-refractivity contribution is 14.1. The summed E-state index contributed by atoms with van der Waals surface area (Å²) in [6.45, 7) is 2.08. The van der Waals surface area contributed by atoms with E-state index in [0.717, 1.165) is 16.4 Å². The molecule has 2 N–H and O–H groups in total. The summed E-state index contributed by atoms with van der Waals surface area (Å²) in [5.41, 5.74) is -0.445. The van der Waals surface area contributed by atoms with Crippen molar-refractivity contribution in [2.45, 2.75) is 31.7 Å². The Kier molecular flexibility index (Phi) is 4.52. The first-order valence-corrected chi connectivity index (χ1v) is 7.59. The number of benzene rings is 1. The zero-order valence-electron chi connectivity index (χ0n) is 11.2. The molecule has 0 bridgehead atoms. The van der Waals surface area contributed by atoms with Crippen molar-refractivity contribution >= 4 is 40.3 Å². The van der Waals surface area contributed by atoms with Crippen molar-refractivity contribution in [3.63, 3.8) is 0 Å². The number of piperidine rings is 1. The van der Waals surface area contributed by atoms with Crippen molar-refractivity contribution in [1.29, 1.82) is 0 Å². The molecule has 1 aromatic rings. The fourth-order valence-electron chi connectivity index (χ4n) is 2.39. The largest absolute Gasteiger partial charge is 0.480 e. The van der Waals surface area contributed by atoms with Gasteiger partial charge in [0.1, 0.15) is 5.54 Å². The molecule has 108 valence electrons. The summed E-state index contributed by atoms with van der Waals surface area (Å²) in [5.74, 6) is -0.949. The van der Waals surface area contributed by atoms with Gasteiger partial charge in [0.15, 0.2) is 0 Å². The number of carboxylic acids is 1. The number of carbonyl (C=O) groups is 2. The molecule has 1 aliphatic heterocycles. The molecule has 0 radical (unpaired) electrons. The van der Waals surface area contributed by atoms with Crippen LogP contribution in [0.25, 0.3) is 0 Å². The van der Waals surface area contributed by atoms with Crippen LogP contribution in [0.2, 0.25) is 0 Å². The third kappa shape index (κ3) is 3.05. The highest BCUT2D eigenvalue weighted by atomic mass is 127. The summed E-state index contributed by atoms with van der Waals surface area (Å²) in [7, 11) is 0. The van der Waals surface area contributed by atoms with Gasteiger partial charge < -0.3 is 15.3 Å². The Morgan fingerprint density at radius 3 is 2.55 bits per heavy atom. The number of hydrogen-bond acceptors (Lipinski definition) is 2. The molecule has 2 amide bonds. The summed E-state index contributed by atoms with van der Waals surface area (Å²) in [6.07, 6.45) is 2.15. The van der Waals surface area contributed by atoms with E-state index in [0.29, 0.717) is 18.7 Å². The summed E-state index contributed by atoms with van der Waals surface area (Å²) in [4.78, 5) is 25.2. The molecule has 1 aromatic carbocycles. The van der Waals surface area contributed by atoms with Crippen LogP contribution in [0.15, 0.2) is 24.3 Å². The summed E-state index contributed by atoms with van der Waals surface area (Å²) in [5, 5.41) is 12.2. The van der Waals surface area contributed by atoms with Crippen molar-refractivity contribution in [3.8, 4) is 0 Å². The second-order valence-corrected chi connectivity index (χ2v) is 6.37. The van der Waals surface area contributed by atoms with E-state index < -0.39 is 11.5 Å². The molecule has 5 nitrogen and oxygen atoms in total. The Hall–Kier alpha value is -1.31. The molecular weight excluding hydrogens is 371 g/mol. The van der Waals surface area contributed by atoms with Gasteiger partial charge in [-0.25, -0.2) is 9.59 Å². The van der Waals surface area contributed by atoms with Gasteiger partial charge in [0, 0.05) is 15.8 Å². The van der Waals surface area contributed by atoms with Crippen LogP contribution in [-0.4, -0.2) is 34.1 Å². The van der Waals surface area contributed by atoms with E-state index in [9.17, 15) is 14.7 Å². The van der Waals surface area contributed by atoms with Crippen molar-refractivity contribution in [2.75, 3.05) is 11.9 Å². The number of carboxylic acid groups (broad SMARTS) is 1. The number of hydrogen-bond donors (Lipinski definition) is 2. The van der Waals surface area contributed by atoms with Gasteiger partial charge in [-0.1, -0.05) is 0 Å². The molecule has 20 heavy (non-hydrogen) atoms. The van der Waals surface area contributed by atoms with Crippen LogP contribution >= 0.6 is 22.6 Å². The first kappa shape index (κ1) is 15.1. The van der Waals surface area contributed by atoms with Gasteiger partial charge in [0.05, 0.1) is 0 Å². The third-order valence-corrected chi connectivity index (χ3v) is 4.41. The van der Waals surface area contributed by atoms with E-state index in [1.54, 1.807) is 6.92 Å². The monoisotopic (exact) mass is 388 g/mol. The van der Waals surface area contributed by atoms with Gasteiger partial charge in [-0.3, -0.25) is 0 Å². The Balaban J connectivity index is 2.14. The Morgan fingerprint density at radius 1 is 1.30 bits per heavy atom. The molecule has 0 aromatic heterocycles. The summed E-state index contributed by atoms with van der Waals surface area (Å²) < 4.78 is 1.08. The van der Waals surface area contributed by atoms with Crippen LogP contribution in [0, 0.1) is 3.57 Å². The molecule has 0 aliphatic carbocycles. The number of halogens is 1. The normalized spacial score (nSPS) is 22.4. The lowest BCUT2D eigenvalue weighted by Gasteiger charge is -2.41. The Morgan fingerprint density at radius 2 is 1.95 bits per heavy atom. The minimum absolute atomic E-state index is 0.351. The molecule has 0 saturated carbocycles. The average molecular weight is 388 g/mol. The van der Waals surface area contributed by atoms with Gasteiger partial charge in [-0.15, -0.1) is 0 Å². The Labute approximate surface area is 131 Å². The second-order valence-electron chi connectivity index (χ2n) is 5.12. The molecular formula is C14H17IN2O3. The van der Waals surface area contributed by atoms with Crippen molar-refractivity contribution in [2.24, 2.45) is 0 Å². The van der Waals surface area contributed by atoms with Crippen LogP contribution < -0.4 is 5.32 Å². The molecule has 0 spiro atoms. The minimum Gasteiger partial charge on any atom is -0.480 e. The van der Waals surface area contributed by atoms with E-state index >= 15 is 0 Å². The van der Waals surface area contributed by atoms with Crippen LogP contribution in [0.4, 0.5) is 10.5 Å². The highest BCUT2D eigenvalue weighted by Crippen LogP contribution is 2.29. The average Bonchev–Trinajstić information content (AvgIpc) is 2.41. The van der Waals surface area contributed by atoms with Gasteiger partial charge in [-0.05, 0) is 73.0 Å². The summed E-state index contributed by atoms with van der Waals surface area (Å²) >= 11 is 2.19. The Bertz CT molecular complexity index is 518. The van der Waals surface area contributed by atoms with Crippen molar-refractivity contribution in [1.82, 2.24) is 4.90 Å². The van der Waals surface area contributed by atoms with Crippen LogP contribution in [0.3, 0.4) is 0 Å². The molecule has 1 aliphatic rings. The maximum absolute atomic E-state index is 12.3. The molecule has 1 saturated heterocycles. The molecule has 1 fully saturated rings. The lowest BCUT2D eigenvalue weighted by atomic mass is 9.89. The molecule has 1 unspecified atom stereocenters. The SMILES string of the molecule is CC1(C(=O)O)CCCCN1C(=O)Nc1ccc(I)cc1. The topological polar surface area (TPSA) is 69.6 Å². The van der Waals surface area contributed by atoms with E-state index in [4.69, 9.17) is 0 Å². The second kappa shape index (κ2) is 5.99. The van der Waals surface area contributed by atoms with Gasteiger partial charge in [0.25, 0.3) is 0 Å². The zero-order chi connectivity index (χ0) is 14.8.